The van der Waals surface area contributed by atoms with E-state index in [1.807, 2.05) is 4.98 Å². The van der Waals surface area contributed by atoms with Gasteiger partial charge < -0.3 is 46.7 Å². The normalized spacial score (nSPS) is 31.2. The Bertz CT molecular complexity index is 1620. The number of rotatable bonds is 8. The van der Waals surface area contributed by atoms with Crippen molar-refractivity contribution in [1.82, 2.24) is 35.2 Å². The van der Waals surface area contributed by atoms with E-state index < -0.39 is 86.9 Å². The van der Waals surface area contributed by atoms with Gasteiger partial charge in [-0.3, -0.25) is 37.7 Å². The van der Waals surface area contributed by atoms with Gasteiger partial charge in [0.1, 0.15) is 36.6 Å². The third kappa shape index (κ3) is 5.73. The highest BCUT2D eigenvalue weighted by atomic mass is 31.2. The highest BCUT2D eigenvalue weighted by molar-refractivity contribution is 7.47. The van der Waals surface area contributed by atoms with Gasteiger partial charge in [0.25, 0.3) is 11.1 Å². The zero-order chi connectivity index (χ0) is 28.9. The molecule has 0 aromatic carbocycles. The molecule has 0 saturated carbocycles. The van der Waals surface area contributed by atoms with E-state index in [2.05, 4.69) is 15.0 Å². The van der Waals surface area contributed by atoms with Gasteiger partial charge in [-0.15, -0.1) is 0 Å². The number of imidazole rings is 1. The van der Waals surface area contributed by atoms with Gasteiger partial charge in [-0.2, -0.15) is 4.98 Å². The number of hydrogen-bond acceptors (Lipinski definition) is 16. The smallest absolute Gasteiger partial charge is 0.394 e. The van der Waals surface area contributed by atoms with Gasteiger partial charge in [-0.05, 0) is 0 Å². The zero-order valence-corrected chi connectivity index (χ0v) is 21.7. The predicted molar refractivity (Wildman–Crippen MR) is 132 cm³/mol. The molecule has 0 spiro atoms. The summed E-state index contributed by atoms with van der Waals surface area (Å²) in [6, 6.07) is 0.976. The van der Waals surface area contributed by atoms with Gasteiger partial charge in [0.2, 0.25) is 5.95 Å². The van der Waals surface area contributed by atoms with Crippen molar-refractivity contribution in [3.63, 3.8) is 0 Å². The molecule has 1 unspecified atom stereocenters. The van der Waals surface area contributed by atoms with Crippen LogP contribution in [0.5, 0.6) is 0 Å². The lowest BCUT2D eigenvalue weighted by Crippen LogP contribution is -2.39. The SMILES string of the molecule is N.Nc1nc2c(ncn2[C@@H]2O[C@H](COP(=O)(O)O[C@H]3[C@@H](O)[C@H](n4ccc(=O)[nH]c4=O)O[C@@H]3CO)[C@@H](O)[C@H]2O)c(=O)[nH]1. The number of hydrogen-bond donors (Lipinski definition) is 9. The average Bonchev–Trinajstić information content (AvgIpc) is 3.53. The van der Waals surface area contributed by atoms with Gasteiger partial charge in [0.05, 0.1) is 19.5 Å². The molecule has 2 fully saturated rings. The standard InChI is InChI=1S/C19H24N7O13P.H3N/c20-18-23-14-9(15(32)24-18)21-5-26(14)16-11(30)10(29)7(38-16)4-36-40(34,35)39-13-6(3-27)37-17(12(13)31)25-2-1-8(28)22-19(25)33;/h1-2,5-7,10-13,16-17,27,29-31H,3-4H2,(H,34,35)(H,22,28,33)(H3,20,23,24,32);1H3/t6-,7-,10-,11-,12-,13-,16-,17-;/m1./s1. The molecular weight excluding hydrogens is 579 g/mol. The topological polar surface area (TPSA) is 335 Å². The fraction of sp³-hybridized carbons (Fsp3) is 0.526. The lowest BCUT2D eigenvalue weighted by molar-refractivity contribution is -0.0594. The number of ether oxygens (including phenoxy) is 2. The number of aliphatic hydroxyl groups is 4. The molecule has 41 heavy (non-hydrogen) atoms. The number of aliphatic hydroxyl groups excluding tert-OH is 4. The van der Waals surface area contributed by atoms with Crippen LogP contribution in [0.25, 0.3) is 11.2 Å². The van der Waals surface area contributed by atoms with Crippen LogP contribution in [0.2, 0.25) is 0 Å². The summed E-state index contributed by atoms with van der Waals surface area (Å²) in [7, 11) is -5.06. The second-order valence-electron chi connectivity index (χ2n) is 8.91. The van der Waals surface area contributed by atoms with Crippen LogP contribution in [-0.2, 0) is 23.1 Å². The van der Waals surface area contributed by atoms with Crippen molar-refractivity contribution in [1.29, 1.82) is 0 Å². The number of aromatic amines is 2. The summed E-state index contributed by atoms with van der Waals surface area (Å²) in [4.78, 5) is 57.8. The van der Waals surface area contributed by atoms with E-state index in [4.69, 9.17) is 24.3 Å². The molecule has 12 N–H and O–H groups in total. The Kier molecular flexibility index (Phi) is 8.59. The Morgan fingerprint density at radius 3 is 2.41 bits per heavy atom. The molecule has 22 heteroatoms. The summed E-state index contributed by atoms with van der Waals surface area (Å²) in [5.74, 6) is -0.238. The molecule has 226 valence electrons. The summed E-state index contributed by atoms with van der Waals surface area (Å²) < 4.78 is 35.6. The molecule has 3 aromatic heterocycles. The second-order valence-corrected chi connectivity index (χ2v) is 10.3. The maximum atomic E-state index is 12.7. The van der Waals surface area contributed by atoms with E-state index in [0.29, 0.717) is 0 Å². The number of nitrogen functional groups attached to an aromatic ring is 1. The van der Waals surface area contributed by atoms with Crippen LogP contribution in [0.1, 0.15) is 12.5 Å². The van der Waals surface area contributed by atoms with Gasteiger partial charge in [0.15, 0.2) is 23.6 Å². The monoisotopic (exact) mass is 606 g/mol. The zero-order valence-electron chi connectivity index (χ0n) is 20.8. The van der Waals surface area contributed by atoms with Crippen LogP contribution >= 0.6 is 7.82 Å². The fourth-order valence-corrected chi connectivity index (χ4v) is 5.40. The van der Waals surface area contributed by atoms with Crippen LogP contribution < -0.4 is 28.7 Å². The number of nitrogens with zero attached hydrogens (tertiary/aromatic N) is 4. The summed E-state index contributed by atoms with van der Waals surface area (Å²) in [5, 5.41) is 41.2. The third-order valence-corrected chi connectivity index (χ3v) is 7.32. The Morgan fingerprint density at radius 1 is 1.05 bits per heavy atom. The van der Waals surface area contributed by atoms with Crippen LogP contribution in [0.4, 0.5) is 5.95 Å². The first-order valence-electron chi connectivity index (χ1n) is 11.6. The number of aromatic nitrogens is 6. The molecule has 21 nitrogen and oxygen atoms in total. The summed E-state index contributed by atoms with van der Waals surface area (Å²) in [6.07, 6.45) is -10.2. The van der Waals surface area contributed by atoms with E-state index in [1.165, 1.54) is 0 Å². The summed E-state index contributed by atoms with van der Waals surface area (Å²) in [5.41, 5.74) is 3.06. The average molecular weight is 606 g/mol. The number of phosphoric acid groups is 1. The van der Waals surface area contributed by atoms with E-state index in [0.717, 1.165) is 27.7 Å². The maximum absolute atomic E-state index is 12.7. The molecule has 0 bridgehead atoms. The molecular formula is C19H27N8O13P. The van der Waals surface area contributed by atoms with E-state index in [9.17, 15) is 44.3 Å². The Balaban J connectivity index is 0.00000387. The van der Waals surface area contributed by atoms with Crippen molar-refractivity contribution < 1.29 is 48.4 Å². The molecule has 9 atom stereocenters. The first-order chi connectivity index (χ1) is 18.9. The fourth-order valence-electron chi connectivity index (χ4n) is 4.43. The molecule has 0 aliphatic carbocycles. The Morgan fingerprint density at radius 2 is 1.73 bits per heavy atom. The minimum atomic E-state index is -5.06. The number of nitrogens with two attached hydrogens (primary N) is 1. The molecule has 2 aliphatic rings. The van der Waals surface area contributed by atoms with Gasteiger partial charge in [-0.25, -0.2) is 14.3 Å². The lowest BCUT2D eigenvalue weighted by Gasteiger charge is -2.23. The number of phosphoric ester groups is 1. The number of anilines is 1. The quantitative estimate of drug-likeness (QED) is 0.110. The highest BCUT2D eigenvalue weighted by Crippen LogP contribution is 2.49. The largest absolute Gasteiger partial charge is 0.472 e. The number of H-pyrrole nitrogens is 2. The van der Waals surface area contributed by atoms with Gasteiger partial charge in [0, 0.05) is 12.3 Å². The molecule has 5 rings (SSSR count). The van der Waals surface area contributed by atoms with Crippen LogP contribution in [0, 0.1) is 0 Å². The minimum absolute atomic E-state index is 0. The van der Waals surface area contributed by atoms with Crippen LogP contribution in [-0.4, -0.2) is 104 Å². The molecule has 5 heterocycles. The highest BCUT2D eigenvalue weighted by Gasteiger charge is 2.50. The predicted octanol–water partition coefficient (Wildman–Crippen LogP) is -4.21. The van der Waals surface area contributed by atoms with Crippen LogP contribution in [0.15, 0.2) is 33.0 Å². The molecule has 2 saturated heterocycles. The first kappa shape index (κ1) is 30.6. The van der Waals surface area contributed by atoms with Crippen molar-refractivity contribution in [2.75, 3.05) is 18.9 Å². The van der Waals surface area contributed by atoms with Crippen molar-refractivity contribution in [3.8, 4) is 0 Å². The molecule has 3 aromatic rings. The summed E-state index contributed by atoms with van der Waals surface area (Å²) >= 11 is 0. The number of fused-ring (bicyclic) bond motifs is 1. The van der Waals surface area contributed by atoms with Gasteiger partial charge >= 0.3 is 13.5 Å². The van der Waals surface area contributed by atoms with Gasteiger partial charge in [-0.1, -0.05) is 0 Å². The van der Waals surface area contributed by atoms with E-state index >= 15 is 0 Å². The van der Waals surface area contributed by atoms with Crippen molar-refractivity contribution in [3.05, 3.63) is 49.8 Å². The maximum Gasteiger partial charge on any atom is 0.472 e. The molecule has 0 radical (unpaired) electrons. The minimum Gasteiger partial charge on any atom is -0.394 e. The lowest BCUT2D eigenvalue weighted by atomic mass is 10.1. The van der Waals surface area contributed by atoms with Crippen molar-refractivity contribution in [2.45, 2.75) is 49.1 Å². The number of nitrogens with one attached hydrogen (secondary N) is 2. The van der Waals surface area contributed by atoms with E-state index in [1.54, 1.807) is 0 Å². The van der Waals surface area contributed by atoms with Crippen LogP contribution in [0.3, 0.4) is 0 Å². The van der Waals surface area contributed by atoms with Crippen molar-refractivity contribution >= 4 is 24.9 Å². The third-order valence-electron chi connectivity index (χ3n) is 6.33. The Labute approximate surface area is 226 Å². The van der Waals surface area contributed by atoms with E-state index in [-0.39, 0.29) is 23.3 Å². The molecule has 2 aliphatic heterocycles. The molecule has 0 amide bonds. The van der Waals surface area contributed by atoms with Crippen molar-refractivity contribution in [2.24, 2.45) is 0 Å². The second kappa shape index (κ2) is 11.5. The Hall–Kier alpha value is -3.34. The summed E-state index contributed by atoms with van der Waals surface area (Å²) in [6.45, 7) is -1.60. The first-order valence-corrected chi connectivity index (χ1v) is 13.0.